The Labute approximate surface area is 181 Å². The first-order valence-corrected chi connectivity index (χ1v) is 10.4. The third kappa shape index (κ3) is 3.95. The van der Waals surface area contributed by atoms with Crippen molar-refractivity contribution < 1.29 is 14.7 Å². The number of benzene rings is 2. The van der Waals surface area contributed by atoms with Crippen LogP contribution in [0.4, 0.5) is 16.2 Å². The van der Waals surface area contributed by atoms with Gasteiger partial charge in [-0.05, 0) is 42.3 Å². The number of piperazine rings is 1. The number of fused-ring (bicyclic) bond motifs is 1. The van der Waals surface area contributed by atoms with Gasteiger partial charge >= 0.3 is 6.03 Å². The van der Waals surface area contributed by atoms with Crippen molar-refractivity contribution >= 4 is 34.9 Å². The normalized spacial score (nSPS) is 16.5. The molecule has 158 valence electrons. The molecule has 0 bridgehead atoms. The molecule has 1 N–H and O–H groups in total. The fourth-order valence-electron chi connectivity index (χ4n) is 4.10. The first kappa shape index (κ1) is 20.5. The van der Waals surface area contributed by atoms with Crippen molar-refractivity contribution in [1.29, 1.82) is 0 Å². The highest BCUT2D eigenvalue weighted by molar-refractivity contribution is 6.30. The van der Waals surface area contributed by atoms with Crippen LogP contribution in [0.3, 0.4) is 0 Å². The number of carbonyl (C=O) groups excluding carboxylic acids is 2. The molecule has 7 nitrogen and oxygen atoms in total. The maximum absolute atomic E-state index is 13.4. The van der Waals surface area contributed by atoms with Gasteiger partial charge in [0, 0.05) is 43.4 Å². The van der Waals surface area contributed by atoms with Crippen LogP contribution < -0.4 is 9.80 Å². The van der Waals surface area contributed by atoms with E-state index in [1.165, 1.54) is 16.2 Å². The molecular formula is C22H25ClN4O3. The predicted molar refractivity (Wildman–Crippen MR) is 117 cm³/mol. The van der Waals surface area contributed by atoms with Crippen molar-refractivity contribution in [2.75, 3.05) is 49.3 Å². The Balaban J connectivity index is 1.51. The van der Waals surface area contributed by atoms with Gasteiger partial charge in [-0.3, -0.25) is 9.69 Å². The Bertz CT molecular complexity index is 959. The zero-order valence-corrected chi connectivity index (χ0v) is 17.7. The standard InChI is InChI=1S/C22H25ClN4O3/c1-16-4-2-3-5-19(16)24-8-10-25(11-9-24)22(30)27-15-26(21(29)14-28)13-17-12-18(23)6-7-20(17)27/h2-7,12,28H,8-11,13-15H2,1H3. The van der Waals surface area contributed by atoms with Crippen LogP contribution in [0.1, 0.15) is 11.1 Å². The molecule has 2 aliphatic rings. The van der Waals surface area contributed by atoms with E-state index in [0.717, 1.165) is 24.3 Å². The second-order valence-electron chi connectivity index (χ2n) is 7.64. The SMILES string of the molecule is Cc1ccccc1N1CCN(C(=O)N2CN(C(=O)CO)Cc3cc(Cl)ccc32)CC1. The van der Waals surface area contributed by atoms with Gasteiger partial charge in [-0.1, -0.05) is 29.8 Å². The molecule has 2 aromatic carbocycles. The molecule has 0 unspecified atom stereocenters. The number of para-hydroxylation sites is 1. The fraction of sp³-hybridized carbons (Fsp3) is 0.364. The van der Waals surface area contributed by atoms with Crippen LogP contribution in [0, 0.1) is 6.92 Å². The molecule has 0 saturated carbocycles. The summed E-state index contributed by atoms with van der Waals surface area (Å²) in [6.07, 6.45) is 0. The van der Waals surface area contributed by atoms with Gasteiger partial charge in [-0.25, -0.2) is 4.79 Å². The van der Waals surface area contributed by atoms with Crippen molar-refractivity contribution in [3.05, 3.63) is 58.6 Å². The minimum Gasteiger partial charge on any atom is -0.387 e. The van der Waals surface area contributed by atoms with Gasteiger partial charge in [0.05, 0.1) is 5.69 Å². The molecule has 1 saturated heterocycles. The molecule has 8 heteroatoms. The molecule has 0 aromatic heterocycles. The molecule has 1 fully saturated rings. The van der Waals surface area contributed by atoms with Crippen LogP contribution in [0.5, 0.6) is 0 Å². The van der Waals surface area contributed by atoms with Crippen molar-refractivity contribution in [3.63, 3.8) is 0 Å². The first-order valence-electron chi connectivity index (χ1n) is 10.0. The third-order valence-corrected chi connectivity index (χ3v) is 5.97. The number of aryl methyl sites for hydroxylation is 1. The Morgan fingerprint density at radius 3 is 2.43 bits per heavy atom. The third-order valence-electron chi connectivity index (χ3n) is 5.73. The van der Waals surface area contributed by atoms with E-state index < -0.39 is 12.5 Å². The fourth-order valence-corrected chi connectivity index (χ4v) is 4.30. The predicted octanol–water partition coefficient (Wildman–Crippen LogP) is 2.69. The summed E-state index contributed by atoms with van der Waals surface area (Å²) in [5.74, 6) is -0.414. The van der Waals surface area contributed by atoms with E-state index in [0.29, 0.717) is 24.7 Å². The highest BCUT2D eigenvalue weighted by Gasteiger charge is 2.33. The molecule has 0 aliphatic carbocycles. The molecule has 2 heterocycles. The van der Waals surface area contributed by atoms with Crippen molar-refractivity contribution in [2.24, 2.45) is 0 Å². The van der Waals surface area contributed by atoms with Crippen LogP contribution in [-0.2, 0) is 11.3 Å². The van der Waals surface area contributed by atoms with E-state index in [9.17, 15) is 14.7 Å². The minimum atomic E-state index is -0.590. The summed E-state index contributed by atoms with van der Waals surface area (Å²) in [4.78, 5) is 32.7. The molecule has 0 spiro atoms. The van der Waals surface area contributed by atoms with Crippen LogP contribution in [0.2, 0.25) is 5.02 Å². The molecule has 30 heavy (non-hydrogen) atoms. The van der Waals surface area contributed by atoms with Crippen LogP contribution >= 0.6 is 11.6 Å². The number of urea groups is 1. The van der Waals surface area contributed by atoms with Gasteiger partial charge in [-0.2, -0.15) is 0 Å². The summed E-state index contributed by atoms with van der Waals surface area (Å²) < 4.78 is 0. The zero-order valence-electron chi connectivity index (χ0n) is 16.9. The summed E-state index contributed by atoms with van der Waals surface area (Å²) in [5.41, 5.74) is 3.97. The lowest BCUT2D eigenvalue weighted by atomic mass is 10.1. The number of hydrogen-bond donors (Lipinski definition) is 1. The molecular weight excluding hydrogens is 404 g/mol. The quantitative estimate of drug-likeness (QED) is 0.798. The van der Waals surface area contributed by atoms with Gasteiger partial charge in [-0.15, -0.1) is 0 Å². The topological polar surface area (TPSA) is 67.3 Å². The minimum absolute atomic E-state index is 0.116. The lowest BCUT2D eigenvalue weighted by Gasteiger charge is -2.42. The molecule has 0 atom stereocenters. The average Bonchev–Trinajstić information content (AvgIpc) is 2.77. The monoisotopic (exact) mass is 428 g/mol. The van der Waals surface area contributed by atoms with Crippen LogP contribution in [0.25, 0.3) is 0 Å². The molecule has 4 rings (SSSR count). The number of hydrogen-bond acceptors (Lipinski definition) is 4. The lowest BCUT2D eigenvalue weighted by Crippen LogP contribution is -2.57. The largest absolute Gasteiger partial charge is 0.387 e. The van der Waals surface area contributed by atoms with Crippen LogP contribution in [0.15, 0.2) is 42.5 Å². The van der Waals surface area contributed by atoms with E-state index in [1.54, 1.807) is 17.0 Å². The number of amides is 3. The maximum atomic E-state index is 13.4. The molecule has 0 radical (unpaired) electrons. The van der Waals surface area contributed by atoms with Gasteiger partial charge in [0.15, 0.2) is 0 Å². The summed E-state index contributed by atoms with van der Waals surface area (Å²) in [6, 6.07) is 13.5. The summed E-state index contributed by atoms with van der Waals surface area (Å²) in [7, 11) is 0. The molecule has 3 amide bonds. The summed E-state index contributed by atoms with van der Waals surface area (Å²) in [6.45, 7) is 4.63. The maximum Gasteiger partial charge on any atom is 0.326 e. The Kier molecular flexibility index (Phi) is 5.83. The van der Waals surface area contributed by atoms with E-state index in [2.05, 4.69) is 24.0 Å². The van der Waals surface area contributed by atoms with Gasteiger partial charge < -0.3 is 19.8 Å². The Hall–Kier alpha value is -2.77. The smallest absolute Gasteiger partial charge is 0.326 e. The molecule has 2 aromatic rings. The average molecular weight is 429 g/mol. The number of nitrogens with zero attached hydrogens (tertiary/aromatic N) is 4. The number of halogens is 1. The number of carbonyl (C=O) groups is 2. The van der Waals surface area contributed by atoms with E-state index in [1.807, 2.05) is 23.1 Å². The highest BCUT2D eigenvalue weighted by Crippen LogP contribution is 2.31. The second-order valence-corrected chi connectivity index (χ2v) is 8.07. The van der Waals surface area contributed by atoms with E-state index in [4.69, 9.17) is 11.6 Å². The van der Waals surface area contributed by atoms with Crippen molar-refractivity contribution in [3.8, 4) is 0 Å². The highest BCUT2D eigenvalue weighted by atomic mass is 35.5. The van der Waals surface area contributed by atoms with Gasteiger partial charge in [0.1, 0.15) is 13.3 Å². The molecule has 2 aliphatic heterocycles. The van der Waals surface area contributed by atoms with E-state index in [-0.39, 0.29) is 12.7 Å². The van der Waals surface area contributed by atoms with Gasteiger partial charge in [0.25, 0.3) is 0 Å². The number of aliphatic hydroxyl groups is 1. The van der Waals surface area contributed by atoms with Crippen molar-refractivity contribution in [2.45, 2.75) is 13.5 Å². The Morgan fingerprint density at radius 2 is 1.73 bits per heavy atom. The Morgan fingerprint density at radius 1 is 1.00 bits per heavy atom. The lowest BCUT2D eigenvalue weighted by molar-refractivity contribution is -0.134. The zero-order chi connectivity index (χ0) is 21.3. The van der Waals surface area contributed by atoms with Crippen LogP contribution in [-0.4, -0.2) is 66.3 Å². The summed E-state index contributed by atoms with van der Waals surface area (Å²) >= 11 is 6.13. The number of rotatable bonds is 2. The van der Waals surface area contributed by atoms with E-state index >= 15 is 0 Å². The van der Waals surface area contributed by atoms with Gasteiger partial charge in [0.2, 0.25) is 5.91 Å². The first-order chi connectivity index (χ1) is 14.5. The van der Waals surface area contributed by atoms with Crippen molar-refractivity contribution in [1.82, 2.24) is 9.80 Å². The summed E-state index contributed by atoms with van der Waals surface area (Å²) in [5, 5.41) is 9.83. The number of anilines is 2. The second kappa shape index (κ2) is 8.53. The number of aliphatic hydroxyl groups excluding tert-OH is 1.